The minimum atomic E-state index is -0.724. The van der Waals surface area contributed by atoms with Crippen LogP contribution >= 0.6 is 0 Å². The SMILES string of the molecule is COc1cc(CN2C[C@@H](C)[C@H](C(=O)O)C2)ccc1O. The lowest BCUT2D eigenvalue weighted by molar-refractivity contribution is -0.142. The third-order valence-corrected chi connectivity index (χ3v) is 3.66. The molecular formula is C14H19NO4. The van der Waals surface area contributed by atoms with Gasteiger partial charge in [0.2, 0.25) is 0 Å². The Labute approximate surface area is 112 Å². The lowest BCUT2D eigenvalue weighted by atomic mass is 9.99. The van der Waals surface area contributed by atoms with Gasteiger partial charge in [0.15, 0.2) is 11.5 Å². The number of rotatable bonds is 4. The first-order valence-electron chi connectivity index (χ1n) is 6.32. The summed E-state index contributed by atoms with van der Waals surface area (Å²) in [6.07, 6.45) is 0. The molecule has 0 aromatic heterocycles. The topological polar surface area (TPSA) is 70.0 Å². The fraction of sp³-hybridized carbons (Fsp3) is 0.500. The molecule has 5 nitrogen and oxygen atoms in total. The minimum Gasteiger partial charge on any atom is -0.504 e. The predicted molar refractivity (Wildman–Crippen MR) is 70.2 cm³/mol. The highest BCUT2D eigenvalue weighted by Gasteiger charge is 2.34. The van der Waals surface area contributed by atoms with Gasteiger partial charge in [-0.1, -0.05) is 13.0 Å². The zero-order chi connectivity index (χ0) is 14.0. The van der Waals surface area contributed by atoms with Gasteiger partial charge in [-0.05, 0) is 23.6 Å². The molecule has 1 heterocycles. The Morgan fingerprint density at radius 3 is 2.79 bits per heavy atom. The van der Waals surface area contributed by atoms with Crippen LogP contribution in [0.3, 0.4) is 0 Å². The number of aliphatic carboxylic acids is 1. The standard InChI is InChI=1S/C14H19NO4/c1-9-6-15(8-11(9)14(17)18)7-10-3-4-12(16)13(5-10)19-2/h3-5,9,11,16H,6-8H2,1-2H3,(H,17,18)/t9-,11-/m1/s1. The Kier molecular flexibility index (Phi) is 3.95. The van der Waals surface area contributed by atoms with E-state index in [1.54, 1.807) is 12.1 Å². The molecule has 1 fully saturated rings. The second-order valence-electron chi connectivity index (χ2n) is 5.12. The highest BCUT2D eigenvalue weighted by Crippen LogP contribution is 2.29. The number of carboxylic acids is 1. The summed E-state index contributed by atoms with van der Waals surface area (Å²) in [7, 11) is 1.51. The van der Waals surface area contributed by atoms with Gasteiger partial charge < -0.3 is 14.9 Å². The smallest absolute Gasteiger partial charge is 0.308 e. The molecule has 0 aliphatic carbocycles. The van der Waals surface area contributed by atoms with Crippen LogP contribution in [0.1, 0.15) is 12.5 Å². The normalized spacial score (nSPS) is 23.5. The third-order valence-electron chi connectivity index (χ3n) is 3.66. The minimum absolute atomic E-state index is 0.115. The highest BCUT2D eigenvalue weighted by atomic mass is 16.5. The molecule has 0 spiro atoms. The molecule has 2 atom stereocenters. The summed E-state index contributed by atoms with van der Waals surface area (Å²) in [5.41, 5.74) is 1.01. The molecule has 1 aromatic rings. The lowest BCUT2D eigenvalue weighted by Crippen LogP contribution is -2.23. The number of phenolic OH excluding ortho intramolecular Hbond substituents is 1. The van der Waals surface area contributed by atoms with Crippen molar-refractivity contribution in [1.29, 1.82) is 0 Å². The van der Waals surface area contributed by atoms with Crippen molar-refractivity contribution in [2.24, 2.45) is 11.8 Å². The van der Waals surface area contributed by atoms with Gasteiger partial charge in [-0.2, -0.15) is 0 Å². The van der Waals surface area contributed by atoms with Crippen molar-refractivity contribution in [2.45, 2.75) is 13.5 Å². The Bertz CT molecular complexity index is 475. The van der Waals surface area contributed by atoms with Crippen molar-refractivity contribution in [3.63, 3.8) is 0 Å². The molecular weight excluding hydrogens is 246 g/mol. The molecule has 0 amide bonds. The van der Waals surface area contributed by atoms with E-state index in [1.807, 2.05) is 13.0 Å². The monoisotopic (exact) mass is 265 g/mol. The largest absolute Gasteiger partial charge is 0.504 e. The van der Waals surface area contributed by atoms with E-state index in [-0.39, 0.29) is 17.6 Å². The van der Waals surface area contributed by atoms with Crippen molar-refractivity contribution < 1.29 is 19.7 Å². The van der Waals surface area contributed by atoms with E-state index in [4.69, 9.17) is 9.84 Å². The number of carboxylic acid groups (broad SMARTS) is 1. The van der Waals surface area contributed by atoms with Crippen LogP contribution in [0.15, 0.2) is 18.2 Å². The highest BCUT2D eigenvalue weighted by molar-refractivity contribution is 5.71. The number of hydrogen-bond acceptors (Lipinski definition) is 4. The fourth-order valence-corrected chi connectivity index (χ4v) is 2.60. The Hall–Kier alpha value is -1.75. The molecule has 104 valence electrons. The maximum absolute atomic E-state index is 11.1. The van der Waals surface area contributed by atoms with E-state index in [0.717, 1.165) is 12.1 Å². The number of phenols is 1. The van der Waals surface area contributed by atoms with Gasteiger partial charge in [-0.15, -0.1) is 0 Å². The van der Waals surface area contributed by atoms with Crippen LogP contribution in [0, 0.1) is 11.8 Å². The van der Waals surface area contributed by atoms with Crippen LogP contribution in [-0.4, -0.2) is 41.3 Å². The lowest BCUT2D eigenvalue weighted by Gasteiger charge is -2.16. The predicted octanol–water partition coefficient (Wildman–Crippen LogP) is 1.55. The van der Waals surface area contributed by atoms with Gasteiger partial charge in [0.05, 0.1) is 13.0 Å². The number of benzene rings is 1. The first-order valence-corrected chi connectivity index (χ1v) is 6.32. The molecule has 0 radical (unpaired) electrons. The van der Waals surface area contributed by atoms with Gasteiger partial charge in [0.1, 0.15) is 0 Å². The zero-order valence-corrected chi connectivity index (χ0v) is 11.2. The summed E-state index contributed by atoms with van der Waals surface area (Å²) >= 11 is 0. The summed E-state index contributed by atoms with van der Waals surface area (Å²) in [5.74, 6) is -0.294. The summed E-state index contributed by atoms with van der Waals surface area (Å²) < 4.78 is 5.07. The molecule has 1 aliphatic heterocycles. The van der Waals surface area contributed by atoms with Gasteiger partial charge in [-0.3, -0.25) is 9.69 Å². The van der Waals surface area contributed by atoms with Crippen LogP contribution < -0.4 is 4.74 Å². The van der Waals surface area contributed by atoms with Crippen molar-refractivity contribution in [3.8, 4) is 11.5 Å². The second kappa shape index (κ2) is 5.48. The fourth-order valence-electron chi connectivity index (χ4n) is 2.60. The van der Waals surface area contributed by atoms with E-state index in [0.29, 0.717) is 18.8 Å². The summed E-state index contributed by atoms with van der Waals surface area (Å²) in [5, 5.41) is 18.6. The summed E-state index contributed by atoms with van der Waals surface area (Å²) in [6, 6.07) is 5.22. The van der Waals surface area contributed by atoms with E-state index >= 15 is 0 Å². The van der Waals surface area contributed by atoms with Crippen molar-refractivity contribution in [2.75, 3.05) is 20.2 Å². The second-order valence-corrected chi connectivity index (χ2v) is 5.12. The zero-order valence-electron chi connectivity index (χ0n) is 11.2. The Morgan fingerprint density at radius 1 is 1.47 bits per heavy atom. The van der Waals surface area contributed by atoms with Crippen LogP contribution in [0.5, 0.6) is 11.5 Å². The average molecular weight is 265 g/mol. The maximum atomic E-state index is 11.1. The molecule has 5 heteroatoms. The van der Waals surface area contributed by atoms with Crippen LogP contribution in [0.2, 0.25) is 0 Å². The molecule has 2 rings (SSSR count). The molecule has 0 bridgehead atoms. The van der Waals surface area contributed by atoms with Crippen molar-refractivity contribution in [1.82, 2.24) is 4.90 Å². The number of likely N-dealkylation sites (tertiary alicyclic amines) is 1. The molecule has 2 N–H and O–H groups in total. The van der Waals surface area contributed by atoms with Crippen molar-refractivity contribution in [3.05, 3.63) is 23.8 Å². The first kappa shape index (κ1) is 13.7. The number of aromatic hydroxyl groups is 1. The summed E-state index contributed by atoms with van der Waals surface area (Å²) in [4.78, 5) is 13.2. The number of ether oxygens (including phenoxy) is 1. The molecule has 1 aromatic carbocycles. The quantitative estimate of drug-likeness (QED) is 0.864. The van der Waals surface area contributed by atoms with E-state index in [1.165, 1.54) is 7.11 Å². The number of nitrogens with zero attached hydrogens (tertiary/aromatic N) is 1. The molecule has 19 heavy (non-hydrogen) atoms. The molecule has 0 unspecified atom stereocenters. The maximum Gasteiger partial charge on any atom is 0.308 e. The number of carbonyl (C=O) groups is 1. The van der Waals surface area contributed by atoms with Crippen LogP contribution in [0.4, 0.5) is 0 Å². The van der Waals surface area contributed by atoms with Gasteiger partial charge >= 0.3 is 5.97 Å². The van der Waals surface area contributed by atoms with Gasteiger partial charge in [0.25, 0.3) is 0 Å². The Balaban J connectivity index is 2.04. The van der Waals surface area contributed by atoms with Gasteiger partial charge in [-0.25, -0.2) is 0 Å². The van der Waals surface area contributed by atoms with E-state index in [9.17, 15) is 9.90 Å². The molecule has 0 saturated carbocycles. The number of methoxy groups -OCH3 is 1. The Morgan fingerprint density at radius 2 is 2.21 bits per heavy atom. The molecule has 1 aliphatic rings. The van der Waals surface area contributed by atoms with Crippen LogP contribution in [-0.2, 0) is 11.3 Å². The number of hydrogen-bond donors (Lipinski definition) is 2. The van der Waals surface area contributed by atoms with E-state index < -0.39 is 5.97 Å². The first-order chi connectivity index (χ1) is 9.01. The van der Waals surface area contributed by atoms with Crippen LogP contribution in [0.25, 0.3) is 0 Å². The average Bonchev–Trinajstić information content (AvgIpc) is 2.73. The van der Waals surface area contributed by atoms with Gasteiger partial charge in [0, 0.05) is 19.6 Å². The van der Waals surface area contributed by atoms with Crippen molar-refractivity contribution >= 4 is 5.97 Å². The summed E-state index contributed by atoms with van der Waals surface area (Å²) in [6.45, 7) is 3.99. The third kappa shape index (κ3) is 2.98. The molecule has 1 saturated heterocycles. The van der Waals surface area contributed by atoms with E-state index in [2.05, 4.69) is 4.90 Å².